The van der Waals surface area contributed by atoms with Crippen LogP contribution < -0.4 is 0 Å². The van der Waals surface area contributed by atoms with Gasteiger partial charge in [-0.15, -0.1) is 0 Å². The number of hydrogen-bond donors (Lipinski definition) is 0. The van der Waals surface area contributed by atoms with Crippen LogP contribution in [0.15, 0.2) is 40.5 Å². The van der Waals surface area contributed by atoms with E-state index in [1.54, 1.807) is 0 Å². The fourth-order valence-electron chi connectivity index (χ4n) is 2.68. The Morgan fingerprint density at radius 2 is 1.95 bits per heavy atom. The van der Waals surface area contributed by atoms with Gasteiger partial charge in [-0.05, 0) is 25.5 Å². The van der Waals surface area contributed by atoms with Crippen LogP contribution in [0.2, 0.25) is 5.02 Å². The van der Waals surface area contributed by atoms with E-state index in [1.165, 1.54) is 7.11 Å². The fourth-order valence-corrected chi connectivity index (χ4v) is 2.93. The van der Waals surface area contributed by atoms with Crippen molar-refractivity contribution in [1.29, 1.82) is 0 Å². The van der Waals surface area contributed by atoms with E-state index in [-0.39, 0.29) is 17.8 Å². The first kappa shape index (κ1) is 14.8. The summed E-state index contributed by atoms with van der Waals surface area (Å²) in [6.07, 6.45) is 0. The molecule has 2 rings (SSSR count). The van der Waals surface area contributed by atoms with Gasteiger partial charge in [0.15, 0.2) is 0 Å². The Bertz CT molecular complexity index is 604. The number of aliphatic imine (C=N–C) groups is 1. The zero-order valence-corrected chi connectivity index (χ0v) is 12.9. The highest BCUT2D eigenvalue weighted by atomic mass is 35.5. The fraction of sp³-hybridized carbons (Fsp3) is 0.375. The predicted octanol–water partition coefficient (Wildman–Crippen LogP) is 3.98. The number of ether oxygens (including phenoxy) is 1. The van der Waals surface area contributed by atoms with Crippen LogP contribution in [-0.2, 0) is 9.53 Å². The molecule has 0 radical (unpaired) electrons. The minimum atomic E-state index is -0.337. The van der Waals surface area contributed by atoms with Gasteiger partial charge in [0.25, 0.3) is 0 Å². The summed E-state index contributed by atoms with van der Waals surface area (Å²) in [7, 11) is 1.39. The normalized spacial score (nSPS) is 22.6. The van der Waals surface area contributed by atoms with Crippen LogP contribution in [0.25, 0.3) is 0 Å². The van der Waals surface area contributed by atoms with Crippen molar-refractivity contribution in [3.05, 3.63) is 46.1 Å². The van der Waals surface area contributed by atoms with E-state index in [4.69, 9.17) is 16.3 Å². The average molecular weight is 292 g/mol. The Morgan fingerprint density at radius 3 is 2.55 bits per heavy atom. The molecule has 0 fully saturated rings. The SMILES string of the molecule is COC(=O)C1=C(C)N=C(C)C(C)C1c1ccccc1Cl. The number of carbonyl (C=O) groups is 1. The van der Waals surface area contributed by atoms with Gasteiger partial charge < -0.3 is 4.74 Å². The Morgan fingerprint density at radius 1 is 1.30 bits per heavy atom. The van der Waals surface area contributed by atoms with Gasteiger partial charge in [-0.3, -0.25) is 4.99 Å². The van der Waals surface area contributed by atoms with Crippen molar-refractivity contribution >= 4 is 23.3 Å². The molecule has 2 atom stereocenters. The number of esters is 1. The van der Waals surface area contributed by atoms with Gasteiger partial charge in [0, 0.05) is 28.3 Å². The first-order valence-electron chi connectivity index (χ1n) is 6.56. The first-order chi connectivity index (χ1) is 9.47. The molecule has 0 saturated carbocycles. The Kier molecular flexibility index (Phi) is 4.29. The number of rotatable bonds is 2. The van der Waals surface area contributed by atoms with Crippen molar-refractivity contribution in [1.82, 2.24) is 0 Å². The maximum absolute atomic E-state index is 12.1. The van der Waals surface area contributed by atoms with Crippen molar-refractivity contribution in [2.75, 3.05) is 7.11 Å². The van der Waals surface area contributed by atoms with Crippen LogP contribution in [0.1, 0.15) is 32.3 Å². The lowest BCUT2D eigenvalue weighted by atomic mass is 9.76. The maximum atomic E-state index is 12.1. The largest absolute Gasteiger partial charge is 0.466 e. The van der Waals surface area contributed by atoms with Gasteiger partial charge in [0.05, 0.1) is 12.7 Å². The highest BCUT2D eigenvalue weighted by Gasteiger charge is 2.35. The molecule has 20 heavy (non-hydrogen) atoms. The van der Waals surface area contributed by atoms with Crippen molar-refractivity contribution in [2.45, 2.75) is 26.7 Å². The van der Waals surface area contributed by atoms with Gasteiger partial charge in [0.2, 0.25) is 0 Å². The topological polar surface area (TPSA) is 38.7 Å². The van der Waals surface area contributed by atoms with Crippen LogP contribution in [-0.4, -0.2) is 18.8 Å². The molecule has 2 unspecified atom stereocenters. The van der Waals surface area contributed by atoms with Crippen LogP contribution >= 0.6 is 11.6 Å². The number of nitrogens with zero attached hydrogens (tertiary/aromatic N) is 1. The van der Waals surface area contributed by atoms with E-state index in [2.05, 4.69) is 11.9 Å². The number of carbonyl (C=O) groups excluding carboxylic acids is 1. The maximum Gasteiger partial charge on any atom is 0.336 e. The molecule has 1 aromatic rings. The molecule has 3 nitrogen and oxygen atoms in total. The van der Waals surface area contributed by atoms with Gasteiger partial charge in [-0.2, -0.15) is 0 Å². The van der Waals surface area contributed by atoms with Crippen LogP contribution in [0.3, 0.4) is 0 Å². The van der Waals surface area contributed by atoms with E-state index in [0.29, 0.717) is 16.3 Å². The molecular formula is C16H18ClNO2. The lowest BCUT2D eigenvalue weighted by molar-refractivity contribution is -0.136. The summed E-state index contributed by atoms with van der Waals surface area (Å²) in [6.45, 7) is 5.87. The molecule has 1 aliphatic rings. The molecule has 0 saturated heterocycles. The Hall–Kier alpha value is -1.61. The molecule has 106 valence electrons. The van der Waals surface area contributed by atoms with Crippen molar-refractivity contribution in [3.63, 3.8) is 0 Å². The summed E-state index contributed by atoms with van der Waals surface area (Å²) < 4.78 is 4.93. The molecule has 1 heterocycles. The van der Waals surface area contributed by atoms with Gasteiger partial charge in [-0.25, -0.2) is 4.79 Å². The van der Waals surface area contributed by atoms with Crippen LogP contribution in [0, 0.1) is 5.92 Å². The zero-order chi connectivity index (χ0) is 14.9. The number of halogens is 1. The minimum absolute atomic E-state index is 0.104. The highest BCUT2D eigenvalue weighted by Crippen LogP contribution is 2.41. The van der Waals surface area contributed by atoms with Gasteiger partial charge in [-0.1, -0.05) is 36.7 Å². The standard InChI is InChI=1S/C16H18ClNO2/c1-9-10(2)18-11(3)15(16(19)20-4)14(9)12-7-5-6-8-13(12)17/h5-9,14H,1-4H3. The van der Waals surface area contributed by atoms with E-state index >= 15 is 0 Å². The number of benzene rings is 1. The predicted molar refractivity (Wildman–Crippen MR) is 81.2 cm³/mol. The molecule has 0 amide bonds. The van der Waals surface area contributed by atoms with Gasteiger partial charge in [0.1, 0.15) is 0 Å². The molecule has 4 heteroatoms. The zero-order valence-electron chi connectivity index (χ0n) is 12.1. The average Bonchev–Trinajstić information content (AvgIpc) is 2.42. The highest BCUT2D eigenvalue weighted by molar-refractivity contribution is 6.31. The molecule has 0 aliphatic carbocycles. The van der Waals surface area contributed by atoms with Crippen molar-refractivity contribution in [2.24, 2.45) is 10.9 Å². The third-order valence-corrected chi connectivity index (χ3v) is 4.19. The van der Waals surface area contributed by atoms with Gasteiger partial charge >= 0.3 is 5.97 Å². The monoisotopic (exact) mass is 291 g/mol. The lowest BCUT2D eigenvalue weighted by Crippen LogP contribution is -2.28. The number of allylic oxidation sites excluding steroid dienone is 1. The smallest absolute Gasteiger partial charge is 0.336 e. The molecule has 0 aromatic heterocycles. The second kappa shape index (κ2) is 5.80. The second-order valence-electron chi connectivity index (χ2n) is 5.03. The molecule has 0 N–H and O–H groups in total. The summed E-state index contributed by atoms with van der Waals surface area (Å²) in [5, 5.41) is 0.660. The summed E-state index contributed by atoms with van der Waals surface area (Å²) in [6, 6.07) is 7.61. The number of hydrogen-bond acceptors (Lipinski definition) is 3. The quantitative estimate of drug-likeness (QED) is 0.773. The molecule has 1 aliphatic heterocycles. The minimum Gasteiger partial charge on any atom is -0.466 e. The lowest BCUT2D eigenvalue weighted by Gasteiger charge is -2.31. The molecule has 1 aromatic carbocycles. The first-order valence-corrected chi connectivity index (χ1v) is 6.93. The van der Waals surface area contributed by atoms with E-state index < -0.39 is 0 Å². The molecular weight excluding hydrogens is 274 g/mol. The summed E-state index contributed by atoms with van der Waals surface area (Å²) in [5.74, 6) is -0.350. The van der Waals surface area contributed by atoms with E-state index in [1.807, 2.05) is 38.1 Å². The van der Waals surface area contributed by atoms with Crippen LogP contribution in [0.4, 0.5) is 0 Å². The van der Waals surface area contributed by atoms with E-state index in [0.717, 1.165) is 11.3 Å². The van der Waals surface area contributed by atoms with Crippen LogP contribution in [0.5, 0.6) is 0 Å². The second-order valence-corrected chi connectivity index (χ2v) is 5.44. The Labute approximate surface area is 124 Å². The summed E-state index contributed by atoms with van der Waals surface area (Å²) in [4.78, 5) is 16.6. The third kappa shape index (κ3) is 2.50. The summed E-state index contributed by atoms with van der Waals surface area (Å²) in [5.41, 5.74) is 3.24. The van der Waals surface area contributed by atoms with Crippen molar-refractivity contribution < 1.29 is 9.53 Å². The molecule has 0 spiro atoms. The Balaban J connectivity index is 2.62. The summed E-state index contributed by atoms with van der Waals surface area (Å²) >= 11 is 6.32. The number of methoxy groups -OCH3 is 1. The van der Waals surface area contributed by atoms with E-state index in [9.17, 15) is 4.79 Å². The van der Waals surface area contributed by atoms with Crippen molar-refractivity contribution in [3.8, 4) is 0 Å². The third-order valence-electron chi connectivity index (χ3n) is 3.85. The molecule has 0 bridgehead atoms.